The number of hydrogen-bond acceptors (Lipinski definition) is 4. The lowest BCUT2D eigenvalue weighted by molar-refractivity contribution is -0.131. The van der Waals surface area contributed by atoms with Gasteiger partial charge in [0.15, 0.2) is 11.6 Å². The summed E-state index contributed by atoms with van der Waals surface area (Å²) in [4.78, 5) is 28.5. The first-order valence-electron chi connectivity index (χ1n) is 10.9. The number of ketones is 2. The molecule has 0 aromatic heterocycles. The summed E-state index contributed by atoms with van der Waals surface area (Å²) < 4.78 is 15.4. The zero-order chi connectivity index (χ0) is 21.8. The van der Waals surface area contributed by atoms with E-state index in [1.54, 1.807) is 12.1 Å². The van der Waals surface area contributed by atoms with Crippen molar-refractivity contribution in [1.82, 2.24) is 4.90 Å². The van der Waals surface area contributed by atoms with Crippen LogP contribution in [0.1, 0.15) is 36.5 Å². The van der Waals surface area contributed by atoms with Crippen molar-refractivity contribution >= 4 is 22.8 Å². The topological polar surface area (TPSA) is 49.4 Å². The van der Waals surface area contributed by atoms with Gasteiger partial charge in [-0.2, -0.15) is 0 Å². The van der Waals surface area contributed by atoms with Gasteiger partial charge in [0.1, 0.15) is 17.4 Å². The number of para-hydroxylation sites is 1. The fourth-order valence-electron chi connectivity index (χ4n) is 5.34. The van der Waals surface area contributed by atoms with E-state index in [4.69, 9.17) is 0 Å². The van der Waals surface area contributed by atoms with E-state index < -0.39 is 17.5 Å². The molecule has 3 unspecified atom stereocenters. The number of allylic oxidation sites excluding steroid dienone is 1. The fourth-order valence-corrected chi connectivity index (χ4v) is 5.34. The number of fused-ring (bicyclic) bond motifs is 5. The van der Waals surface area contributed by atoms with Crippen LogP contribution < -0.4 is 5.32 Å². The molecule has 0 spiro atoms. The average Bonchev–Trinajstić information content (AvgIpc) is 3.10. The molecule has 0 fully saturated rings. The molecule has 31 heavy (non-hydrogen) atoms. The fraction of sp³-hybridized carbons (Fsp3) is 0.308. The minimum Gasteiger partial charge on any atom is -0.370 e. The summed E-state index contributed by atoms with van der Waals surface area (Å²) in [7, 11) is 0. The Labute approximate surface area is 181 Å². The number of anilines is 1. The lowest BCUT2D eigenvalue weighted by Gasteiger charge is -2.50. The van der Waals surface area contributed by atoms with Gasteiger partial charge in [0.25, 0.3) is 0 Å². The number of halogens is 1. The molecule has 1 aliphatic carbocycles. The molecular formula is C26H25FN2O2. The predicted molar refractivity (Wildman–Crippen MR) is 119 cm³/mol. The molecule has 158 valence electrons. The number of carbonyl (C=O) groups is 2. The van der Waals surface area contributed by atoms with Gasteiger partial charge in [-0.1, -0.05) is 49.2 Å². The summed E-state index contributed by atoms with van der Waals surface area (Å²) in [5.41, 5.74) is 2.82. The van der Waals surface area contributed by atoms with Crippen molar-refractivity contribution in [2.45, 2.75) is 38.3 Å². The maximum atomic E-state index is 15.4. The van der Waals surface area contributed by atoms with Crippen molar-refractivity contribution in [3.05, 3.63) is 83.3 Å². The number of unbranched alkanes of at least 4 members (excludes halogenated alkanes) is 1. The summed E-state index contributed by atoms with van der Waals surface area (Å²) in [6.07, 6.45) is 6.61. The van der Waals surface area contributed by atoms with E-state index in [9.17, 15) is 9.59 Å². The van der Waals surface area contributed by atoms with Crippen LogP contribution in [-0.4, -0.2) is 29.1 Å². The van der Waals surface area contributed by atoms with Crippen LogP contribution in [0.5, 0.6) is 0 Å². The van der Waals surface area contributed by atoms with Crippen molar-refractivity contribution in [3.8, 4) is 0 Å². The van der Waals surface area contributed by atoms with E-state index in [2.05, 4.69) is 12.2 Å². The number of rotatable bonds is 4. The second kappa shape index (κ2) is 7.19. The zero-order valence-electron chi connectivity index (χ0n) is 17.7. The summed E-state index contributed by atoms with van der Waals surface area (Å²) in [5.74, 6) is -1.41. The van der Waals surface area contributed by atoms with Gasteiger partial charge in [-0.15, -0.1) is 0 Å². The number of aryl methyl sites for hydroxylation is 1. The van der Waals surface area contributed by atoms with Crippen LogP contribution in [0.25, 0.3) is 5.57 Å². The Balaban J connectivity index is 1.83. The Morgan fingerprint density at radius 1 is 1.10 bits per heavy atom. The highest BCUT2D eigenvalue weighted by Gasteiger charge is 2.60. The zero-order valence-corrected chi connectivity index (χ0v) is 17.7. The smallest absolute Gasteiger partial charge is 0.179 e. The number of carbonyl (C=O) groups excluding carboxylic acids is 2. The van der Waals surface area contributed by atoms with E-state index in [-0.39, 0.29) is 17.4 Å². The molecule has 2 aromatic carbocycles. The van der Waals surface area contributed by atoms with Crippen LogP contribution in [0.15, 0.2) is 60.8 Å². The first kappa shape index (κ1) is 19.7. The van der Waals surface area contributed by atoms with Crippen LogP contribution >= 0.6 is 0 Å². The molecular weight excluding hydrogens is 391 g/mol. The molecule has 0 saturated carbocycles. The van der Waals surface area contributed by atoms with Gasteiger partial charge in [0.05, 0.1) is 5.92 Å². The molecule has 2 heterocycles. The highest BCUT2D eigenvalue weighted by Crippen LogP contribution is 2.57. The van der Waals surface area contributed by atoms with Crippen LogP contribution in [0.3, 0.4) is 0 Å². The van der Waals surface area contributed by atoms with E-state index in [1.807, 2.05) is 42.3 Å². The highest BCUT2D eigenvalue weighted by atomic mass is 19.1. The second-order valence-electron chi connectivity index (χ2n) is 8.66. The van der Waals surface area contributed by atoms with Crippen molar-refractivity contribution in [1.29, 1.82) is 0 Å². The Bertz CT molecular complexity index is 1150. The Hall–Kier alpha value is -3.21. The van der Waals surface area contributed by atoms with E-state index in [0.29, 0.717) is 12.1 Å². The van der Waals surface area contributed by atoms with Gasteiger partial charge < -0.3 is 10.2 Å². The number of hydrogen-bond donors (Lipinski definition) is 1. The third-order valence-electron chi connectivity index (χ3n) is 6.73. The lowest BCUT2D eigenvalue weighted by Crippen LogP contribution is -2.61. The molecule has 0 bridgehead atoms. The summed E-state index contributed by atoms with van der Waals surface area (Å²) in [6.45, 7) is 4.68. The van der Waals surface area contributed by atoms with Gasteiger partial charge in [0.2, 0.25) is 0 Å². The SMILES string of the molecule is CCCCN1C=C2c3ccccc3NC2(c2cc(C)ccc2F)C2C(=O)C=CC(=O)C21. The normalized spacial score (nSPS) is 26.2. The van der Waals surface area contributed by atoms with Crippen LogP contribution in [0, 0.1) is 18.7 Å². The molecule has 2 aliphatic heterocycles. The van der Waals surface area contributed by atoms with Crippen molar-refractivity contribution in [3.63, 3.8) is 0 Å². The number of benzene rings is 2. The molecule has 0 radical (unpaired) electrons. The quantitative estimate of drug-likeness (QED) is 0.791. The molecule has 5 heteroatoms. The van der Waals surface area contributed by atoms with Gasteiger partial charge in [0, 0.05) is 35.1 Å². The average molecular weight is 416 g/mol. The van der Waals surface area contributed by atoms with E-state index in [0.717, 1.165) is 35.2 Å². The molecule has 5 rings (SSSR count). The van der Waals surface area contributed by atoms with Crippen molar-refractivity contribution in [2.24, 2.45) is 5.92 Å². The molecule has 3 aliphatic rings. The molecule has 4 nitrogen and oxygen atoms in total. The van der Waals surface area contributed by atoms with E-state index in [1.165, 1.54) is 18.2 Å². The van der Waals surface area contributed by atoms with Crippen LogP contribution in [0.2, 0.25) is 0 Å². The molecule has 1 N–H and O–H groups in total. The predicted octanol–water partition coefficient (Wildman–Crippen LogP) is 4.60. The van der Waals surface area contributed by atoms with Gasteiger partial charge >= 0.3 is 0 Å². The maximum absolute atomic E-state index is 15.4. The minimum atomic E-state index is -1.13. The van der Waals surface area contributed by atoms with Gasteiger partial charge in [-0.3, -0.25) is 9.59 Å². The third kappa shape index (κ3) is 2.79. The standard InChI is InChI=1S/C26H25FN2O2/c1-3-4-13-29-15-19-17-7-5-6-8-21(17)28-26(19,18-14-16(2)9-10-20(18)27)24-22(30)11-12-23(31)25(24)29/h5-12,14-15,24-25,28H,3-4,13H2,1-2H3. The molecule has 0 amide bonds. The summed E-state index contributed by atoms with van der Waals surface area (Å²) in [6, 6.07) is 12.1. The van der Waals surface area contributed by atoms with Gasteiger partial charge in [-0.25, -0.2) is 4.39 Å². The van der Waals surface area contributed by atoms with Crippen molar-refractivity contribution in [2.75, 3.05) is 11.9 Å². The first-order valence-corrected chi connectivity index (χ1v) is 10.9. The Morgan fingerprint density at radius 2 is 1.87 bits per heavy atom. The monoisotopic (exact) mass is 416 g/mol. The van der Waals surface area contributed by atoms with E-state index >= 15 is 4.39 Å². The number of nitrogens with one attached hydrogen (secondary N) is 1. The summed E-state index contributed by atoms with van der Waals surface area (Å²) in [5, 5.41) is 3.52. The highest BCUT2D eigenvalue weighted by molar-refractivity contribution is 6.12. The second-order valence-corrected chi connectivity index (χ2v) is 8.66. The molecule has 2 aromatic rings. The third-order valence-corrected chi connectivity index (χ3v) is 6.73. The first-order chi connectivity index (χ1) is 15.0. The van der Waals surface area contributed by atoms with Crippen LogP contribution in [-0.2, 0) is 15.1 Å². The molecule has 0 saturated heterocycles. The van der Waals surface area contributed by atoms with Crippen molar-refractivity contribution < 1.29 is 14.0 Å². The summed E-state index contributed by atoms with van der Waals surface area (Å²) >= 11 is 0. The van der Waals surface area contributed by atoms with Crippen LogP contribution in [0.4, 0.5) is 10.1 Å². The Kier molecular flexibility index (Phi) is 4.58. The maximum Gasteiger partial charge on any atom is 0.179 e. The lowest BCUT2D eigenvalue weighted by atomic mass is 9.63. The van der Waals surface area contributed by atoms with Gasteiger partial charge in [-0.05, 0) is 37.6 Å². The Morgan fingerprint density at radius 3 is 2.68 bits per heavy atom. The number of nitrogens with zero attached hydrogens (tertiary/aromatic N) is 1. The largest absolute Gasteiger partial charge is 0.370 e. The molecule has 3 atom stereocenters. The minimum absolute atomic E-state index is 0.110.